The Labute approximate surface area is 66.4 Å². The molecule has 0 spiro atoms. The maximum Gasteiger partial charge on any atom is 0.264 e. The number of rotatable bonds is 5. The third kappa shape index (κ3) is 9.82. The highest BCUT2D eigenvalue weighted by Gasteiger charge is 2.02. The van der Waals surface area contributed by atoms with Crippen molar-refractivity contribution in [3.63, 3.8) is 0 Å². The zero-order valence-corrected chi connectivity index (χ0v) is 7.27. The fraction of sp³-hybridized carbons (Fsp3) is 1.00. The van der Waals surface area contributed by atoms with Gasteiger partial charge in [0.05, 0.1) is 5.75 Å². The first-order valence-corrected chi connectivity index (χ1v) is 5.53. The number of hydrogen-bond acceptors (Lipinski definition) is 4. The zero-order valence-electron chi connectivity index (χ0n) is 5.56. The van der Waals surface area contributed by atoms with Gasteiger partial charge < -0.3 is 0 Å². The second-order valence-electron chi connectivity index (χ2n) is 1.80. The summed E-state index contributed by atoms with van der Waals surface area (Å²) in [5, 5.41) is 0. The van der Waals surface area contributed by atoms with Crippen LogP contribution in [0, 0.1) is 0 Å². The van der Waals surface area contributed by atoms with Crippen molar-refractivity contribution in [3.05, 3.63) is 0 Å². The van der Waals surface area contributed by atoms with Gasteiger partial charge in [-0.05, 0) is 6.42 Å². The van der Waals surface area contributed by atoms with E-state index in [0.29, 0.717) is 0 Å². The number of hydrogen-bond donors (Lipinski definition) is 3. The molecule has 68 valence electrons. The second kappa shape index (κ2) is 4.65. The van der Waals surface area contributed by atoms with E-state index in [1.54, 1.807) is 0 Å². The van der Waals surface area contributed by atoms with Crippen molar-refractivity contribution in [1.29, 1.82) is 0 Å². The van der Waals surface area contributed by atoms with Crippen LogP contribution in [0.2, 0.25) is 0 Å². The minimum Gasteiger partial charge on any atom is -0.286 e. The van der Waals surface area contributed by atoms with Gasteiger partial charge in [0.2, 0.25) is 10.9 Å². The molecule has 0 unspecified atom stereocenters. The average molecular weight is 203 g/mol. The normalized spacial score (nSPS) is 12.2. The van der Waals surface area contributed by atoms with Crippen LogP contribution in [0.1, 0.15) is 6.42 Å². The van der Waals surface area contributed by atoms with Gasteiger partial charge in [-0.3, -0.25) is 4.55 Å². The zero-order chi connectivity index (χ0) is 8.91. The van der Waals surface area contributed by atoms with Crippen LogP contribution in [-0.2, 0) is 21.0 Å². The SMILES string of the molecule is O=[SH](=O)NCCCS(=O)(=O)O. The number of nitrogens with one attached hydrogen (secondary N) is 1. The third-order valence-electron chi connectivity index (χ3n) is 0.820. The van der Waals surface area contributed by atoms with Crippen LogP contribution < -0.4 is 4.72 Å². The Morgan fingerprint density at radius 1 is 1.36 bits per heavy atom. The Bertz CT molecular complexity index is 257. The van der Waals surface area contributed by atoms with Crippen LogP contribution in [0.15, 0.2) is 0 Å². The topological polar surface area (TPSA) is 101 Å². The molecule has 0 bridgehead atoms. The molecule has 0 aliphatic carbocycles. The van der Waals surface area contributed by atoms with Gasteiger partial charge in [-0.1, -0.05) is 0 Å². The molecule has 0 aromatic rings. The molecule has 0 heterocycles. The molecule has 0 atom stereocenters. The summed E-state index contributed by atoms with van der Waals surface area (Å²) in [4.78, 5) is 0. The Hall–Kier alpha value is -0.180. The maximum absolute atomic E-state index is 10.1. The first-order chi connectivity index (χ1) is 4.92. The standard InChI is InChI=1S/C3H9NO5S2/c5-10(6)4-2-1-3-11(7,8)9/h10H,1-3H2,(H,4,5,6)(H,7,8,9). The van der Waals surface area contributed by atoms with Crippen molar-refractivity contribution in [1.82, 2.24) is 4.72 Å². The second-order valence-corrected chi connectivity index (χ2v) is 4.21. The summed E-state index contributed by atoms with van der Waals surface area (Å²) in [7, 11) is -6.63. The highest BCUT2D eigenvalue weighted by Crippen LogP contribution is 1.85. The van der Waals surface area contributed by atoms with E-state index < -0.39 is 26.8 Å². The molecule has 0 saturated carbocycles. The summed E-state index contributed by atoms with van der Waals surface area (Å²) in [6, 6.07) is 0. The Morgan fingerprint density at radius 2 is 1.91 bits per heavy atom. The van der Waals surface area contributed by atoms with Crippen molar-refractivity contribution in [2.45, 2.75) is 6.42 Å². The molecule has 8 heteroatoms. The van der Waals surface area contributed by atoms with Crippen LogP contribution >= 0.6 is 0 Å². The fourth-order valence-corrected chi connectivity index (χ4v) is 1.27. The average Bonchev–Trinajstić information content (AvgIpc) is 1.78. The van der Waals surface area contributed by atoms with Gasteiger partial charge in [-0.15, -0.1) is 0 Å². The van der Waals surface area contributed by atoms with Crippen LogP contribution in [0.5, 0.6) is 0 Å². The summed E-state index contributed by atoms with van der Waals surface area (Å²) in [5.74, 6) is -0.427. The van der Waals surface area contributed by atoms with Gasteiger partial charge in [0, 0.05) is 6.54 Å². The van der Waals surface area contributed by atoms with Crippen LogP contribution in [0.3, 0.4) is 0 Å². The van der Waals surface area contributed by atoms with Crippen LogP contribution in [0.4, 0.5) is 0 Å². The third-order valence-corrected chi connectivity index (χ3v) is 2.11. The molecule has 11 heavy (non-hydrogen) atoms. The van der Waals surface area contributed by atoms with E-state index in [4.69, 9.17) is 4.55 Å². The summed E-state index contributed by atoms with van der Waals surface area (Å²) in [6.07, 6.45) is 0.0716. The molecule has 0 rings (SSSR count). The first-order valence-electron chi connectivity index (χ1n) is 2.75. The lowest BCUT2D eigenvalue weighted by molar-refractivity contribution is 0.480. The van der Waals surface area contributed by atoms with Gasteiger partial charge in [0.25, 0.3) is 10.1 Å². The van der Waals surface area contributed by atoms with Crippen molar-refractivity contribution in [2.24, 2.45) is 0 Å². The molecule has 0 aromatic heterocycles. The molecule has 0 amide bonds. The molecule has 0 saturated heterocycles. The lowest BCUT2D eigenvalue weighted by atomic mass is 10.5. The highest BCUT2D eigenvalue weighted by atomic mass is 32.2. The minimum absolute atomic E-state index is 0.0263. The van der Waals surface area contributed by atoms with Gasteiger partial charge in [-0.2, -0.15) is 8.42 Å². The largest absolute Gasteiger partial charge is 0.286 e. The van der Waals surface area contributed by atoms with Gasteiger partial charge >= 0.3 is 0 Å². The predicted molar refractivity (Wildman–Crippen MR) is 39.4 cm³/mol. The van der Waals surface area contributed by atoms with Crippen molar-refractivity contribution >= 4 is 21.0 Å². The highest BCUT2D eigenvalue weighted by molar-refractivity contribution is 7.85. The molecule has 0 aliphatic rings. The molecule has 0 radical (unpaired) electrons. The lowest BCUT2D eigenvalue weighted by Gasteiger charge is -1.94. The van der Waals surface area contributed by atoms with Gasteiger partial charge in [0.15, 0.2) is 0 Å². The molecule has 6 nitrogen and oxygen atoms in total. The van der Waals surface area contributed by atoms with Crippen LogP contribution in [0.25, 0.3) is 0 Å². The van der Waals surface area contributed by atoms with E-state index >= 15 is 0 Å². The summed E-state index contributed by atoms with van der Waals surface area (Å²) in [5.41, 5.74) is 0. The first kappa shape index (κ1) is 10.8. The van der Waals surface area contributed by atoms with Crippen molar-refractivity contribution in [2.75, 3.05) is 12.3 Å². The molecule has 0 aromatic carbocycles. The smallest absolute Gasteiger partial charge is 0.264 e. The monoisotopic (exact) mass is 203 g/mol. The molecule has 0 fully saturated rings. The van der Waals surface area contributed by atoms with E-state index in [2.05, 4.69) is 0 Å². The summed E-state index contributed by atoms with van der Waals surface area (Å²) < 4.78 is 50.0. The Morgan fingerprint density at radius 3 is 2.27 bits per heavy atom. The molecular weight excluding hydrogens is 194 g/mol. The van der Waals surface area contributed by atoms with E-state index in [0.717, 1.165) is 0 Å². The number of thiol groups is 1. The van der Waals surface area contributed by atoms with Gasteiger partial charge in [-0.25, -0.2) is 13.1 Å². The summed E-state index contributed by atoms with van der Waals surface area (Å²) in [6.45, 7) is 0.0263. The molecular formula is C3H9NO5S2. The lowest BCUT2D eigenvalue weighted by Crippen LogP contribution is -2.16. The van der Waals surface area contributed by atoms with E-state index in [1.807, 2.05) is 4.72 Å². The molecule has 0 aliphatic heterocycles. The summed E-state index contributed by atoms with van der Waals surface area (Å²) >= 11 is 0. The van der Waals surface area contributed by atoms with Crippen molar-refractivity contribution < 1.29 is 21.4 Å². The van der Waals surface area contributed by atoms with Gasteiger partial charge in [0.1, 0.15) is 0 Å². The fourth-order valence-electron chi connectivity index (χ4n) is 0.425. The van der Waals surface area contributed by atoms with E-state index in [-0.39, 0.29) is 13.0 Å². The van der Waals surface area contributed by atoms with E-state index in [1.165, 1.54) is 0 Å². The van der Waals surface area contributed by atoms with Crippen molar-refractivity contribution in [3.8, 4) is 0 Å². The van der Waals surface area contributed by atoms with Crippen LogP contribution in [-0.4, -0.2) is 33.7 Å². The van der Waals surface area contributed by atoms with E-state index in [9.17, 15) is 16.8 Å². The molecule has 2 N–H and O–H groups in total. The minimum atomic E-state index is -3.96. The Balaban J connectivity index is 3.44. The maximum atomic E-state index is 10.1. The quantitative estimate of drug-likeness (QED) is 0.283. The Kier molecular flexibility index (Phi) is 4.57. The predicted octanol–water partition coefficient (Wildman–Crippen LogP) is -1.62.